The van der Waals surface area contributed by atoms with Crippen LogP contribution in [0, 0.1) is 11.8 Å². The zero-order valence-electron chi connectivity index (χ0n) is 6.84. The molecule has 0 saturated carbocycles. The fourth-order valence-electron chi connectivity index (χ4n) is 1.20. The number of aromatic amines is 1. The normalized spacial score (nSPS) is 9.62. The van der Waals surface area contributed by atoms with Gasteiger partial charge >= 0.3 is 0 Å². The van der Waals surface area contributed by atoms with Gasteiger partial charge in [-0.05, 0) is 6.07 Å². The SMILES string of the molecule is BrCC#Cc1cccc2cn[nH]c12. The summed E-state index contributed by atoms with van der Waals surface area (Å²) in [5.74, 6) is 6.02. The first-order valence-electron chi connectivity index (χ1n) is 3.89. The van der Waals surface area contributed by atoms with Gasteiger partial charge in [0.1, 0.15) is 0 Å². The van der Waals surface area contributed by atoms with Crippen molar-refractivity contribution in [3.8, 4) is 11.8 Å². The van der Waals surface area contributed by atoms with Crippen LogP contribution in [0.15, 0.2) is 24.4 Å². The number of hydrogen-bond acceptors (Lipinski definition) is 1. The smallest absolute Gasteiger partial charge is 0.0806 e. The number of nitrogens with one attached hydrogen (secondary N) is 1. The van der Waals surface area contributed by atoms with Crippen molar-refractivity contribution in [3.63, 3.8) is 0 Å². The van der Waals surface area contributed by atoms with Crippen LogP contribution in [0.3, 0.4) is 0 Å². The molecule has 0 radical (unpaired) electrons. The Bertz CT molecular complexity index is 476. The molecule has 0 atom stereocenters. The predicted octanol–water partition coefficient (Wildman–Crippen LogP) is 2.31. The molecule has 0 bridgehead atoms. The number of aromatic nitrogens is 2. The van der Waals surface area contributed by atoms with Crippen molar-refractivity contribution in [1.82, 2.24) is 10.2 Å². The molecule has 0 fully saturated rings. The van der Waals surface area contributed by atoms with E-state index in [4.69, 9.17) is 0 Å². The highest BCUT2D eigenvalue weighted by molar-refractivity contribution is 9.09. The number of benzene rings is 1. The van der Waals surface area contributed by atoms with E-state index < -0.39 is 0 Å². The summed E-state index contributed by atoms with van der Waals surface area (Å²) in [6, 6.07) is 5.98. The Labute approximate surface area is 84.5 Å². The van der Waals surface area contributed by atoms with Gasteiger partial charge in [0.05, 0.1) is 22.6 Å². The first kappa shape index (κ1) is 8.33. The molecule has 0 amide bonds. The molecule has 13 heavy (non-hydrogen) atoms. The monoisotopic (exact) mass is 234 g/mol. The van der Waals surface area contributed by atoms with Gasteiger partial charge in [-0.25, -0.2) is 0 Å². The quantitative estimate of drug-likeness (QED) is 0.550. The maximum Gasteiger partial charge on any atom is 0.0806 e. The molecule has 2 rings (SSSR count). The second kappa shape index (κ2) is 3.63. The van der Waals surface area contributed by atoms with Crippen LogP contribution in [0.4, 0.5) is 0 Å². The second-order valence-electron chi connectivity index (χ2n) is 2.58. The summed E-state index contributed by atoms with van der Waals surface area (Å²) in [5.41, 5.74) is 2.01. The van der Waals surface area contributed by atoms with E-state index in [0.717, 1.165) is 16.5 Å². The molecule has 0 aliphatic heterocycles. The molecule has 0 spiro atoms. The minimum atomic E-state index is 0.692. The summed E-state index contributed by atoms with van der Waals surface area (Å²) in [6.07, 6.45) is 1.80. The molecule has 0 saturated heterocycles. The zero-order valence-corrected chi connectivity index (χ0v) is 8.43. The van der Waals surface area contributed by atoms with Crippen molar-refractivity contribution in [3.05, 3.63) is 30.0 Å². The molecule has 1 aromatic carbocycles. The van der Waals surface area contributed by atoms with Crippen LogP contribution in [-0.4, -0.2) is 15.5 Å². The van der Waals surface area contributed by atoms with Crippen LogP contribution in [-0.2, 0) is 0 Å². The Morgan fingerprint density at radius 2 is 2.38 bits per heavy atom. The minimum absolute atomic E-state index is 0.692. The van der Waals surface area contributed by atoms with Crippen molar-refractivity contribution in [2.24, 2.45) is 0 Å². The van der Waals surface area contributed by atoms with Gasteiger partial charge in [0, 0.05) is 5.39 Å². The van der Waals surface area contributed by atoms with Gasteiger partial charge in [0.2, 0.25) is 0 Å². The number of alkyl halides is 1. The van der Waals surface area contributed by atoms with Crippen molar-refractivity contribution in [1.29, 1.82) is 0 Å². The molecule has 1 aromatic heterocycles. The lowest BCUT2D eigenvalue weighted by Crippen LogP contribution is -1.77. The van der Waals surface area contributed by atoms with E-state index in [1.54, 1.807) is 6.20 Å². The minimum Gasteiger partial charge on any atom is -0.277 e. The Morgan fingerprint density at radius 3 is 3.23 bits per heavy atom. The number of rotatable bonds is 0. The lowest BCUT2D eigenvalue weighted by molar-refractivity contribution is 1.12. The van der Waals surface area contributed by atoms with E-state index >= 15 is 0 Å². The number of halogens is 1. The van der Waals surface area contributed by atoms with E-state index in [2.05, 4.69) is 38.0 Å². The highest BCUT2D eigenvalue weighted by Crippen LogP contribution is 2.13. The first-order chi connectivity index (χ1) is 6.42. The zero-order chi connectivity index (χ0) is 9.10. The molecule has 64 valence electrons. The van der Waals surface area contributed by atoms with Gasteiger partial charge in [-0.1, -0.05) is 39.9 Å². The van der Waals surface area contributed by atoms with Crippen molar-refractivity contribution in [2.45, 2.75) is 0 Å². The van der Waals surface area contributed by atoms with Crippen molar-refractivity contribution >= 4 is 26.8 Å². The number of fused-ring (bicyclic) bond motifs is 1. The standard InChI is InChI=1S/C10H7BrN2/c11-6-2-5-8-3-1-4-9-7-12-13-10(8)9/h1,3-4,7H,6H2,(H,12,13). The van der Waals surface area contributed by atoms with Gasteiger partial charge in [0.15, 0.2) is 0 Å². The van der Waals surface area contributed by atoms with Crippen molar-refractivity contribution < 1.29 is 0 Å². The van der Waals surface area contributed by atoms with E-state index in [-0.39, 0.29) is 0 Å². The topological polar surface area (TPSA) is 28.7 Å². The summed E-state index contributed by atoms with van der Waals surface area (Å²) in [6.45, 7) is 0. The number of hydrogen-bond donors (Lipinski definition) is 1. The molecular weight excluding hydrogens is 228 g/mol. The summed E-state index contributed by atoms with van der Waals surface area (Å²) in [4.78, 5) is 0. The molecule has 2 nitrogen and oxygen atoms in total. The van der Waals surface area contributed by atoms with Crippen LogP contribution in [0.1, 0.15) is 5.56 Å². The highest BCUT2D eigenvalue weighted by atomic mass is 79.9. The number of nitrogens with zero attached hydrogens (tertiary/aromatic N) is 1. The van der Waals surface area contributed by atoms with Crippen LogP contribution in [0.2, 0.25) is 0 Å². The van der Waals surface area contributed by atoms with Crippen LogP contribution in [0.5, 0.6) is 0 Å². The van der Waals surface area contributed by atoms with Crippen molar-refractivity contribution in [2.75, 3.05) is 5.33 Å². The van der Waals surface area contributed by atoms with Gasteiger partial charge in [0.25, 0.3) is 0 Å². The third-order valence-electron chi connectivity index (χ3n) is 1.77. The lowest BCUT2D eigenvalue weighted by atomic mass is 10.1. The second-order valence-corrected chi connectivity index (χ2v) is 3.14. The van der Waals surface area contributed by atoms with E-state index in [9.17, 15) is 0 Å². The molecule has 0 aliphatic rings. The summed E-state index contributed by atoms with van der Waals surface area (Å²) in [5, 5.41) is 8.69. The summed E-state index contributed by atoms with van der Waals surface area (Å²) < 4.78 is 0. The van der Waals surface area contributed by atoms with Crippen LogP contribution < -0.4 is 0 Å². The van der Waals surface area contributed by atoms with Gasteiger partial charge in [-0.15, -0.1) is 0 Å². The Hall–Kier alpha value is -1.27. The van der Waals surface area contributed by atoms with E-state index in [1.807, 2.05) is 18.2 Å². The lowest BCUT2D eigenvalue weighted by Gasteiger charge is -1.91. The fourth-order valence-corrected chi connectivity index (χ4v) is 1.34. The Morgan fingerprint density at radius 1 is 1.46 bits per heavy atom. The number of para-hydroxylation sites is 1. The largest absolute Gasteiger partial charge is 0.277 e. The third kappa shape index (κ3) is 1.58. The molecule has 1 heterocycles. The Balaban J connectivity index is 2.61. The van der Waals surface area contributed by atoms with Crippen LogP contribution in [0.25, 0.3) is 10.9 Å². The maximum atomic E-state index is 3.97. The van der Waals surface area contributed by atoms with Gasteiger partial charge in [-0.3, -0.25) is 5.10 Å². The van der Waals surface area contributed by atoms with Gasteiger partial charge in [-0.2, -0.15) is 5.10 Å². The molecular formula is C10H7BrN2. The fraction of sp³-hybridized carbons (Fsp3) is 0.100. The highest BCUT2D eigenvalue weighted by Gasteiger charge is 1.98. The van der Waals surface area contributed by atoms with Gasteiger partial charge < -0.3 is 0 Å². The summed E-state index contributed by atoms with van der Waals surface area (Å²) >= 11 is 3.26. The first-order valence-corrected chi connectivity index (χ1v) is 5.01. The molecule has 2 aromatic rings. The average molecular weight is 235 g/mol. The number of H-pyrrole nitrogens is 1. The van der Waals surface area contributed by atoms with Crippen LogP contribution >= 0.6 is 15.9 Å². The summed E-state index contributed by atoms with van der Waals surface area (Å²) in [7, 11) is 0. The molecule has 0 unspecified atom stereocenters. The van der Waals surface area contributed by atoms with E-state index in [0.29, 0.717) is 5.33 Å². The van der Waals surface area contributed by atoms with E-state index in [1.165, 1.54) is 0 Å². The Kier molecular flexibility index (Phi) is 2.33. The molecule has 0 aliphatic carbocycles. The predicted molar refractivity (Wildman–Crippen MR) is 56.8 cm³/mol. The average Bonchev–Trinajstić information content (AvgIpc) is 2.62. The molecule has 1 N–H and O–H groups in total. The third-order valence-corrected chi connectivity index (χ3v) is 2.05. The maximum absolute atomic E-state index is 3.97. The molecule has 3 heteroatoms.